The van der Waals surface area contributed by atoms with Gasteiger partial charge in [0, 0.05) is 12.5 Å². The van der Waals surface area contributed by atoms with Gasteiger partial charge >= 0.3 is 5.97 Å². The molecule has 1 N–H and O–H groups in total. The van der Waals surface area contributed by atoms with Crippen LogP contribution >= 0.6 is 0 Å². The Balaban J connectivity index is 2.04. The van der Waals surface area contributed by atoms with Gasteiger partial charge in [0.05, 0.1) is 7.11 Å². The fourth-order valence-corrected chi connectivity index (χ4v) is 2.67. The fraction of sp³-hybridized carbons (Fsp3) is 0.417. The number of ether oxygens (including phenoxy) is 1. The van der Waals surface area contributed by atoms with Gasteiger partial charge in [-0.2, -0.15) is 0 Å². The first-order chi connectivity index (χ1) is 7.69. The first-order valence-electron chi connectivity index (χ1n) is 5.30. The number of benzene rings is 1. The molecule has 2 atom stereocenters. The second kappa shape index (κ2) is 3.04. The quantitative estimate of drug-likeness (QED) is 0.727. The maximum absolute atomic E-state index is 13.7. The van der Waals surface area contributed by atoms with E-state index < -0.39 is 5.54 Å². The lowest BCUT2D eigenvalue weighted by atomic mass is 9.95. The Bertz CT molecular complexity index is 474. The maximum Gasteiger partial charge on any atom is 0.326 e. The number of nitrogens with one attached hydrogen (secondary N) is 1. The van der Waals surface area contributed by atoms with Crippen molar-refractivity contribution < 1.29 is 13.9 Å². The third-order valence-electron chi connectivity index (χ3n) is 3.60. The topological polar surface area (TPSA) is 38.3 Å². The third kappa shape index (κ3) is 1.08. The molecule has 0 amide bonds. The molecule has 3 rings (SSSR count). The summed E-state index contributed by atoms with van der Waals surface area (Å²) >= 11 is 0. The van der Waals surface area contributed by atoms with Gasteiger partial charge in [0.1, 0.15) is 11.4 Å². The Hall–Kier alpha value is -1.42. The zero-order valence-electron chi connectivity index (χ0n) is 8.92. The van der Waals surface area contributed by atoms with Crippen LogP contribution in [-0.4, -0.2) is 18.6 Å². The highest BCUT2D eigenvalue weighted by Crippen LogP contribution is 2.56. The van der Waals surface area contributed by atoms with Gasteiger partial charge in [0.2, 0.25) is 0 Å². The van der Waals surface area contributed by atoms with Crippen molar-refractivity contribution in [2.45, 2.75) is 24.4 Å². The van der Waals surface area contributed by atoms with Crippen molar-refractivity contribution >= 4 is 5.97 Å². The number of carbonyl (C=O) groups excluding carboxylic acids is 1. The molecular weight excluding hydrogens is 209 g/mol. The summed E-state index contributed by atoms with van der Waals surface area (Å²) < 4.78 is 18.5. The fourth-order valence-electron chi connectivity index (χ4n) is 2.67. The van der Waals surface area contributed by atoms with Crippen LogP contribution in [0.5, 0.6) is 0 Å². The second-order valence-electron chi connectivity index (χ2n) is 4.39. The highest BCUT2D eigenvalue weighted by Gasteiger charge is 2.64. The summed E-state index contributed by atoms with van der Waals surface area (Å²) in [7, 11) is 1.37. The molecule has 0 radical (unpaired) electrons. The number of carbonyl (C=O) groups is 1. The van der Waals surface area contributed by atoms with E-state index in [1.165, 1.54) is 13.2 Å². The highest BCUT2D eigenvalue weighted by molar-refractivity contribution is 5.87. The second-order valence-corrected chi connectivity index (χ2v) is 4.39. The van der Waals surface area contributed by atoms with E-state index in [0.29, 0.717) is 18.5 Å². The number of rotatable bonds is 1. The molecule has 84 valence electrons. The minimum absolute atomic E-state index is 0.0649. The van der Waals surface area contributed by atoms with E-state index in [0.717, 1.165) is 5.56 Å². The third-order valence-corrected chi connectivity index (χ3v) is 3.60. The SMILES string of the molecule is COC(=O)C12CC1c1c(F)cccc1CN2. The van der Waals surface area contributed by atoms with Crippen molar-refractivity contribution in [1.82, 2.24) is 5.32 Å². The van der Waals surface area contributed by atoms with Gasteiger partial charge < -0.3 is 4.74 Å². The number of halogens is 1. The van der Waals surface area contributed by atoms with Crippen molar-refractivity contribution in [3.05, 3.63) is 35.1 Å². The summed E-state index contributed by atoms with van der Waals surface area (Å²) in [6.07, 6.45) is 0.633. The summed E-state index contributed by atoms with van der Waals surface area (Å²) in [5.74, 6) is -0.564. The number of fused-ring (bicyclic) bond motifs is 3. The van der Waals surface area contributed by atoms with E-state index in [-0.39, 0.29) is 17.7 Å². The molecule has 2 aliphatic rings. The van der Waals surface area contributed by atoms with Gasteiger partial charge in [0.15, 0.2) is 0 Å². The Kier molecular flexibility index (Phi) is 1.86. The predicted octanol–water partition coefficient (Wildman–Crippen LogP) is 1.33. The van der Waals surface area contributed by atoms with E-state index in [2.05, 4.69) is 5.32 Å². The van der Waals surface area contributed by atoms with Crippen LogP contribution in [0.2, 0.25) is 0 Å². The Morgan fingerprint density at radius 2 is 2.44 bits per heavy atom. The van der Waals surface area contributed by atoms with Crippen LogP contribution < -0.4 is 5.32 Å². The van der Waals surface area contributed by atoms with E-state index in [1.54, 1.807) is 6.07 Å². The molecule has 4 heteroatoms. The molecule has 1 saturated carbocycles. The lowest BCUT2D eigenvalue weighted by Gasteiger charge is -2.24. The number of methoxy groups -OCH3 is 1. The van der Waals surface area contributed by atoms with Crippen LogP contribution in [0.1, 0.15) is 23.5 Å². The van der Waals surface area contributed by atoms with Crippen molar-refractivity contribution in [1.29, 1.82) is 0 Å². The molecule has 1 fully saturated rings. The predicted molar refractivity (Wildman–Crippen MR) is 55.3 cm³/mol. The Morgan fingerprint density at radius 3 is 3.19 bits per heavy atom. The lowest BCUT2D eigenvalue weighted by Crippen LogP contribution is -2.44. The monoisotopic (exact) mass is 221 g/mol. The van der Waals surface area contributed by atoms with Crippen molar-refractivity contribution in [2.24, 2.45) is 0 Å². The van der Waals surface area contributed by atoms with Crippen LogP contribution in [0, 0.1) is 5.82 Å². The smallest absolute Gasteiger partial charge is 0.326 e. The average molecular weight is 221 g/mol. The highest BCUT2D eigenvalue weighted by atomic mass is 19.1. The van der Waals surface area contributed by atoms with E-state index >= 15 is 0 Å². The summed E-state index contributed by atoms with van der Waals surface area (Å²) in [6, 6.07) is 5.04. The van der Waals surface area contributed by atoms with E-state index in [4.69, 9.17) is 4.74 Å². The lowest BCUT2D eigenvalue weighted by molar-refractivity contribution is -0.144. The first kappa shape index (κ1) is 9.78. The molecule has 3 nitrogen and oxygen atoms in total. The molecule has 0 bridgehead atoms. The van der Waals surface area contributed by atoms with Gasteiger partial charge in [0.25, 0.3) is 0 Å². The molecular formula is C12H12FNO2. The van der Waals surface area contributed by atoms with Crippen LogP contribution in [0.15, 0.2) is 18.2 Å². The van der Waals surface area contributed by atoms with Crippen LogP contribution in [-0.2, 0) is 16.1 Å². The Morgan fingerprint density at radius 1 is 1.62 bits per heavy atom. The van der Waals surface area contributed by atoms with Crippen molar-refractivity contribution in [3.8, 4) is 0 Å². The summed E-state index contributed by atoms with van der Waals surface area (Å²) in [5, 5.41) is 3.16. The molecule has 0 aromatic heterocycles. The number of esters is 1. The molecule has 2 unspecified atom stereocenters. The molecule has 1 aromatic rings. The summed E-state index contributed by atoms with van der Waals surface area (Å²) in [5.41, 5.74) is 0.970. The minimum atomic E-state index is -0.663. The molecule has 0 saturated heterocycles. The summed E-state index contributed by atoms with van der Waals surface area (Å²) in [4.78, 5) is 11.6. The molecule has 1 aliphatic carbocycles. The molecule has 1 heterocycles. The summed E-state index contributed by atoms with van der Waals surface area (Å²) in [6.45, 7) is 0.526. The largest absolute Gasteiger partial charge is 0.468 e. The van der Waals surface area contributed by atoms with E-state index in [9.17, 15) is 9.18 Å². The van der Waals surface area contributed by atoms with Gasteiger partial charge in [-0.1, -0.05) is 12.1 Å². The van der Waals surface area contributed by atoms with Crippen LogP contribution in [0.25, 0.3) is 0 Å². The average Bonchev–Trinajstić information content (AvgIpc) is 3.04. The zero-order valence-corrected chi connectivity index (χ0v) is 8.92. The minimum Gasteiger partial charge on any atom is -0.468 e. The number of hydrogen-bond acceptors (Lipinski definition) is 3. The normalized spacial score (nSPS) is 30.2. The van der Waals surface area contributed by atoms with Crippen molar-refractivity contribution in [3.63, 3.8) is 0 Å². The maximum atomic E-state index is 13.7. The zero-order chi connectivity index (χ0) is 11.3. The first-order valence-corrected chi connectivity index (χ1v) is 5.30. The van der Waals surface area contributed by atoms with Gasteiger partial charge in [-0.15, -0.1) is 0 Å². The molecule has 1 aliphatic heterocycles. The number of hydrogen-bond donors (Lipinski definition) is 1. The van der Waals surface area contributed by atoms with Gasteiger partial charge in [-0.25, -0.2) is 4.39 Å². The van der Waals surface area contributed by atoms with Gasteiger partial charge in [-0.3, -0.25) is 10.1 Å². The molecule has 16 heavy (non-hydrogen) atoms. The van der Waals surface area contributed by atoms with Crippen LogP contribution in [0.3, 0.4) is 0 Å². The van der Waals surface area contributed by atoms with Crippen molar-refractivity contribution in [2.75, 3.05) is 7.11 Å². The standard InChI is InChI=1S/C12H12FNO2/c1-16-11(15)12-5-8(12)10-7(6-14-12)3-2-4-9(10)13/h2-4,8,14H,5-6H2,1H3. The molecule has 0 spiro atoms. The van der Waals surface area contributed by atoms with E-state index in [1.807, 2.05) is 6.07 Å². The molecule has 1 aromatic carbocycles. The van der Waals surface area contributed by atoms with Gasteiger partial charge in [-0.05, 0) is 23.6 Å². The Labute approximate surface area is 92.6 Å². The van der Waals surface area contributed by atoms with Crippen LogP contribution in [0.4, 0.5) is 4.39 Å².